The Kier molecular flexibility index (Phi) is 3.57. The maximum Gasteiger partial charge on any atom is 0.0640 e. The molecular formula is C14H25N3. The van der Waals surface area contributed by atoms with Crippen LogP contribution in [0.25, 0.3) is 0 Å². The molecule has 0 saturated heterocycles. The second-order valence-corrected chi connectivity index (χ2v) is 6.07. The molecule has 1 aliphatic rings. The largest absolute Gasteiger partial charge is 0.316 e. The van der Waals surface area contributed by atoms with E-state index in [0.717, 1.165) is 12.3 Å². The van der Waals surface area contributed by atoms with Crippen molar-refractivity contribution in [3.8, 4) is 0 Å². The number of nitrogens with zero attached hydrogens (tertiary/aromatic N) is 2. The quantitative estimate of drug-likeness (QED) is 0.868. The highest BCUT2D eigenvalue weighted by Crippen LogP contribution is 2.44. The van der Waals surface area contributed by atoms with E-state index in [1.165, 1.54) is 25.0 Å². The standard InChI is InChI=1S/C14H25N3/c1-14(2)8-5-6-12(14)13(15-3)10-11-7-9-17(4)16-11/h7,9,12-13,15H,5-6,8,10H2,1-4H3. The molecule has 2 atom stereocenters. The van der Waals surface area contributed by atoms with Gasteiger partial charge in [-0.15, -0.1) is 0 Å². The summed E-state index contributed by atoms with van der Waals surface area (Å²) >= 11 is 0. The summed E-state index contributed by atoms with van der Waals surface area (Å²) in [7, 11) is 4.07. The van der Waals surface area contributed by atoms with Crippen LogP contribution in [0.1, 0.15) is 38.8 Å². The first-order valence-electron chi connectivity index (χ1n) is 6.69. The lowest BCUT2D eigenvalue weighted by atomic mass is 9.76. The summed E-state index contributed by atoms with van der Waals surface area (Å²) in [5, 5.41) is 8.00. The van der Waals surface area contributed by atoms with Crippen molar-refractivity contribution < 1.29 is 0 Å². The molecule has 1 saturated carbocycles. The number of nitrogens with one attached hydrogen (secondary N) is 1. The molecule has 96 valence electrons. The number of hydrogen-bond donors (Lipinski definition) is 1. The van der Waals surface area contributed by atoms with E-state index in [9.17, 15) is 0 Å². The second kappa shape index (κ2) is 4.81. The van der Waals surface area contributed by atoms with Crippen molar-refractivity contribution in [2.24, 2.45) is 18.4 Å². The zero-order valence-corrected chi connectivity index (χ0v) is 11.5. The first kappa shape index (κ1) is 12.6. The molecular weight excluding hydrogens is 210 g/mol. The van der Waals surface area contributed by atoms with Gasteiger partial charge in [-0.25, -0.2) is 0 Å². The molecule has 0 amide bonds. The van der Waals surface area contributed by atoms with Crippen molar-refractivity contribution in [3.05, 3.63) is 18.0 Å². The molecule has 2 unspecified atom stereocenters. The van der Waals surface area contributed by atoms with Gasteiger partial charge in [-0.1, -0.05) is 20.3 Å². The van der Waals surface area contributed by atoms with E-state index in [4.69, 9.17) is 0 Å². The number of aryl methyl sites for hydroxylation is 1. The van der Waals surface area contributed by atoms with E-state index in [1.807, 2.05) is 17.9 Å². The normalized spacial score (nSPS) is 25.1. The Bertz CT molecular complexity index is 367. The van der Waals surface area contributed by atoms with Crippen LogP contribution < -0.4 is 5.32 Å². The molecule has 1 N–H and O–H groups in total. The SMILES string of the molecule is CNC(Cc1ccn(C)n1)C1CCCC1(C)C. The molecule has 3 nitrogen and oxygen atoms in total. The van der Waals surface area contributed by atoms with Gasteiger partial charge in [0.05, 0.1) is 5.69 Å². The van der Waals surface area contributed by atoms with Crippen LogP contribution in [-0.2, 0) is 13.5 Å². The molecule has 0 spiro atoms. The van der Waals surface area contributed by atoms with E-state index in [1.54, 1.807) is 0 Å². The molecule has 1 fully saturated rings. The molecule has 1 aliphatic carbocycles. The fourth-order valence-electron chi connectivity index (χ4n) is 3.34. The summed E-state index contributed by atoms with van der Waals surface area (Å²) in [5.74, 6) is 0.773. The predicted octanol–water partition coefficient (Wildman–Crippen LogP) is 2.38. The molecule has 3 heteroatoms. The highest BCUT2D eigenvalue weighted by Gasteiger charge is 2.38. The van der Waals surface area contributed by atoms with E-state index < -0.39 is 0 Å². The van der Waals surface area contributed by atoms with Crippen LogP contribution in [0.5, 0.6) is 0 Å². The van der Waals surface area contributed by atoms with Gasteiger partial charge in [0, 0.05) is 25.7 Å². The lowest BCUT2D eigenvalue weighted by Gasteiger charge is -2.33. The van der Waals surface area contributed by atoms with Crippen LogP contribution in [0, 0.1) is 11.3 Å². The summed E-state index contributed by atoms with van der Waals surface area (Å²) in [6, 6.07) is 2.69. The van der Waals surface area contributed by atoms with Gasteiger partial charge in [-0.05, 0) is 37.3 Å². The van der Waals surface area contributed by atoms with Gasteiger partial charge < -0.3 is 5.32 Å². The summed E-state index contributed by atoms with van der Waals surface area (Å²) in [5.41, 5.74) is 1.68. The molecule has 1 heterocycles. The Balaban J connectivity index is 2.06. The number of aromatic nitrogens is 2. The van der Waals surface area contributed by atoms with Gasteiger partial charge in [0.2, 0.25) is 0 Å². The highest BCUT2D eigenvalue weighted by molar-refractivity contribution is 5.04. The number of rotatable bonds is 4. The zero-order valence-electron chi connectivity index (χ0n) is 11.5. The maximum atomic E-state index is 4.49. The van der Waals surface area contributed by atoms with Crippen LogP contribution in [0.3, 0.4) is 0 Å². The van der Waals surface area contributed by atoms with Gasteiger partial charge in [-0.3, -0.25) is 4.68 Å². The van der Waals surface area contributed by atoms with Gasteiger partial charge >= 0.3 is 0 Å². The first-order chi connectivity index (χ1) is 8.03. The van der Waals surface area contributed by atoms with Gasteiger partial charge in [0.15, 0.2) is 0 Å². The van der Waals surface area contributed by atoms with E-state index in [-0.39, 0.29) is 0 Å². The fourth-order valence-corrected chi connectivity index (χ4v) is 3.34. The molecule has 1 aromatic rings. The molecule has 2 rings (SSSR count). The molecule has 17 heavy (non-hydrogen) atoms. The minimum absolute atomic E-state index is 0.475. The van der Waals surface area contributed by atoms with Crippen LogP contribution in [0.4, 0.5) is 0 Å². The molecule has 1 aromatic heterocycles. The van der Waals surface area contributed by atoms with Crippen molar-refractivity contribution in [3.63, 3.8) is 0 Å². The Morgan fingerprint density at radius 2 is 2.35 bits per heavy atom. The van der Waals surface area contributed by atoms with Crippen molar-refractivity contribution in [2.75, 3.05) is 7.05 Å². The second-order valence-electron chi connectivity index (χ2n) is 6.07. The predicted molar refractivity (Wildman–Crippen MR) is 70.9 cm³/mol. The van der Waals surface area contributed by atoms with Crippen molar-refractivity contribution in [1.82, 2.24) is 15.1 Å². The molecule has 0 bridgehead atoms. The van der Waals surface area contributed by atoms with Crippen molar-refractivity contribution >= 4 is 0 Å². The Hall–Kier alpha value is -0.830. The summed E-state index contributed by atoms with van der Waals surface area (Å²) in [6.07, 6.45) is 7.16. The average Bonchev–Trinajstić information content (AvgIpc) is 2.81. The van der Waals surface area contributed by atoms with E-state index in [0.29, 0.717) is 11.5 Å². The molecule has 0 aromatic carbocycles. The lowest BCUT2D eigenvalue weighted by Crippen LogP contribution is -2.40. The summed E-state index contributed by atoms with van der Waals surface area (Å²) < 4.78 is 1.89. The Labute approximate surface area is 105 Å². The molecule has 0 radical (unpaired) electrons. The summed E-state index contributed by atoms with van der Waals surface area (Å²) in [6.45, 7) is 4.82. The lowest BCUT2D eigenvalue weighted by molar-refractivity contribution is 0.201. The van der Waals surface area contributed by atoms with E-state index in [2.05, 4.69) is 37.4 Å². The fraction of sp³-hybridized carbons (Fsp3) is 0.786. The minimum atomic E-state index is 0.475. The van der Waals surface area contributed by atoms with Crippen LogP contribution in [0.2, 0.25) is 0 Å². The van der Waals surface area contributed by atoms with Gasteiger partial charge in [0.1, 0.15) is 0 Å². The Morgan fingerprint density at radius 1 is 1.59 bits per heavy atom. The maximum absolute atomic E-state index is 4.49. The Morgan fingerprint density at radius 3 is 2.82 bits per heavy atom. The van der Waals surface area contributed by atoms with E-state index >= 15 is 0 Å². The van der Waals surface area contributed by atoms with Crippen molar-refractivity contribution in [1.29, 1.82) is 0 Å². The monoisotopic (exact) mass is 235 g/mol. The minimum Gasteiger partial charge on any atom is -0.316 e. The summed E-state index contributed by atoms with van der Waals surface area (Å²) in [4.78, 5) is 0. The first-order valence-corrected chi connectivity index (χ1v) is 6.69. The zero-order chi connectivity index (χ0) is 12.5. The topological polar surface area (TPSA) is 29.9 Å². The third-order valence-electron chi connectivity index (χ3n) is 4.39. The average molecular weight is 235 g/mol. The third-order valence-corrected chi connectivity index (χ3v) is 4.39. The number of likely N-dealkylation sites (N-methyl/N-ethyl adjacent to an activating group) is 1. The van der Waals surface area contributed by atoms with Gasteiger partial charge in [-0.2, -0.15) is 5.10 Å². The van der Waals surface area contributed by atoms with Gasteiger partial charge in [0.25, 0.3) is 0 Å². The van der Waals surface area contributed by atoms with Crippen LogP contribution in [-0.4, -0.2) is 22.9 Å². The molecule has 0 aliphatic heterocycles. The van der Waals surface area contributed by atoms with Crippen LogP contribution in [0.15, 0.2) is 12.3 Å². The number of hydrogen-bond acceptors (Lipinski definition) is 2. The third kappa shape index (κ3) is 2.71. The highest BCUT2D eigenvalue weighted by atomic mass is 15.2. The van der Waals surface area contributed by atoms with Crippen molar-refractivity contribution in [2.45, 2.75) is 45.6 Å². The van der Waals surface area contributed by atoms with Crippen LogP contribution >= 0.6 is 0 Å². The smallest absolute Gasteiger partial charge is 0.0640 e.